The van der Waals surface area contributed by atoms with Crippen LogP contribution in [0.5, 0.6) is 0 Å². The molecule has 0 aromatic heterocycles. The van der Waals surface area contributed by atoms with Crippen molar-refractivity contribution in [2.75, 3.05) is 5.32 Å². The van der Waals surface area contributed by atoms with Crippen molar-refractivity contribution in [3.05, 3.63) is 28.8 Å². The molecule has 0 bridgehead atoms. The predicted octanol–water partition coefficient (Wildman–Crippen LogP) is 4.26. The number of hydrogen-bond acceptors (Lipinski definition) is 1. The molecule has 0 saturated carbocycles. The lowest BCUT2D eigenvalue weighted by Gasteiger charge is -2.39. The van der Waals surface area contributed by atoms with Gasteiger partial charge in [-0.15, -0.1) is 0 Å². The van der Waals surface area contributed by atoms with Gasteiger partial charge in [0.2, 0.25) is 0 Å². The van der Waals surface area contributed by atoms with E-state index in [2.05, 4.69) is 52.1 Å². The molecule has 1 N–H and O–H groups in total. The normalized spacial score (nSPS) is 22.4. The maximum Gasteiger partial charge on any atom is 0.0412 e. The number of aryl methyl sites for hydroxylation is 2. The third kappa shape index (κ3) is 1.83. The van der Waals surface area contributed by atoms with Crippen molar-refractivity contribution in [2.24, 2.45) is 0 Å². The summed E-state index contributed by atoms with van der Waals surface area (Å²) in [4.78, 5) is 0. The van der Waals surface area contributed by atoms with Crippen LogP contribution >= 0.6 is 0 Å². The van der Waals surface area contributed by atoms with Crippen LogP contribution < -0.4 is 5.32 Å². The van der Waals surface area contributed by atoms with Crippen LogP contribution in [0, 0.1) is 6.92 Å². The van der Waals surface area contributed by atoms with Gasteiger partial charge >= 0.3 is 0 Å². The first-order valence-corrected chi connectivity index (χ1v) is 6.35. The average molecular weight is 217 g/mol. The maximum absolute atomic E-state index is 3.71. The summed E-state index contributed by atoms with van der Waals surface area (Å²) in [6.07, 6.45) is 2.35. The number of nitrogens with one attached hydrogen (secondary N) is 1. The van der Waals surface area contributed by atoms with Crippen molar-refractivity contribution in [3.8, 4) is 0 Å². The summed E-state index contributed by atoms with van der Waals surface area (Å²) < 4.78 is 0. The van der Waals surface area contributed by atoms with Gasteiger partial charge in [0, 0.05) is 11.2 Å². The molecule has 1 unspecified atom stereocenters. The Kier molecular flexibility index (Phi) is 2.73. The van der Waals surface area contributed by atoms with Crippen LogP contribution in [-0.2, 0) is 6.42 Å². The molecule has 0 amide bonds. The Balaban J connectivity index is 2.58. The van der Waals surface area contributed by atoms with E-state index in [9.17, 15) is 0 Å². The van der Waals surface area contributed by atoms with Gasteiger partial charge in [0.25, 0.3) is 0 Å². The number of fused-ring (bicyclic) bond motifs is 1. The summed E-state index contributed by atoms with van der Waals surface area (Å²) >= 11 is 0. The predicted molar refractivity (Wildman–Crippen MR) is 71.3 cm³/mol. The first-order chi connectivity index (χ1) is 7.44. The molecular weight excluding hydrogens is 194 g/mol. The van der Waals surface area contributed by atoms with Crippen molar-refractivity contribution in [3.63, 3.8) is 0 Å². The lowest BCUT2D eigenvalue weighted by molar-refractivity contribution is 0.452. The Hall–Kier alpha value is -0.980. The van der Waals surface area contributed by atoms with Crippen molar-refractivity contribution in [2.45, 2.75) is 58.9 Å². The lowest BCUT2D eigenvalue weighted by Crippen LogP contribution is -2.37. The van der Waals surface area contributed by atoms with Gasteiger partial charge in [-0.2, -0.15) is 0 Å². The third-order valence-corrected chi connectivity index (χ3v) is 3.70. The molecule has 16 heavy (non-hydrogen) atoms. The second kappa shape index (κ2) is 3.80. The molecule has 2 rings (SSSR count). The Morgan fingerprint density at radius 2 is 2.06 bits per heavy atom. The topological polar surface area (TPSA) is 12.0 Å². The van der Waals surface area contributed by atoms with Crippen LogP contribution in [0.4, 0.5) is 5.69 Å². The molecule has 0 spiro atoms. The van der Waals surface area contributed by atoms with E-state index in [0.717, 1.165) is 6.42 Å². The summed E-state index contributed by atoms with van der Waals surface area (Å²) in [6.45, 7) is 11.4. The molecule has 1 aliphatic rings. The summed E-state index contributed by atoms with van der Waals surface area (Å²) in [6, 6.07) is 4.55. The summed E-state index contributed by atoms with van der Waals surface area (Å²) in [7, 11) is 0. The fourth-order valence-corrected chi connectivity index (χ4v) is 3.07. The van der Waals surface area contributed by atoms with Crippen LogP contribution in [0.15, 0.2) is 12.1 Å². The van der Waals surface area contributed by atoms with E-state index >= 15 is 0 Å². The highest BCUT2D eigenvalue weighted by Gasteiger charge is 2.31. The number of benzene rings is 1. The lowest BCUT2D eigenvalue weighted by atomic mass is 9.78. The number of rotatable bonds is 1. The smallest absolute Gasteiger partial charge is 0.0412 e. The molecule has 1 heterocycles. The molecule has 1 atom stereocenters. The Labute approximate surface area is 99.3 Å². The monoisotopic (exact) mass is 217 g/mol. The highest BCUT2D eigenvalue weighted by Crippen LogP contribution is 2.42. The molecule has 1 aromatic carbocycles. The molecule has 0 aliphatic carbocycles. The zero-order chi connectivity index (χ0) is 11.9. The van der Waals surface area contributed by atoms with E-state index in [1.165, 1.54) is 23.2 Å². The standard InChI is InChI=1S/C15H23N/c1-6-12-8-7-10(2)14-13(12)11(3)9-15(4,5)16-14/h7-8,11,16H,6,9H2,1-5H3. The third-order valence-electron chi connectivity index (χ3n) is 3.70. The molecule has 0 saturated heterocycles. The molecule has 1 nitrogen and oxygen atoms in total. The molecule has 0 fully saturated rings. The Bertz CT molecular complexity index is 404. The van der Waals surface area contributed by atoms with E-state index in [1.54, 1.807) is 5.56 Å². The van der Waals surface area contributed by atoms with Crippen LogP contribution in [-0.4, -0.2) is 5.54 Å². The van der Waals surface area contributed by atoms with Crippen molar-refractivity contribution in [1.29, 1.82) is 0 Å². The second-order valence-corrected chi connectivity index (χ2v) is 5.80. The zero-order valence-electron chi connectivity index (χ0n) is 11.1. The maximum atomic E-state index is 3.71. The average Bonchev–Trinajstić information content (AvgIpc) is 2.18. The van der Waals surface area contributed by atoms with E-state index in [1.807, 2.05) is 0 Å². The fraction of sp³-hybridized carbons (Fsp3) is 0.600. The van der Waals surface area contributed by atoms with Gasteiger partial charge in [0.15, 0.2) is 0 Å². The van der Waals surface area contributed by atoms with Gasteiger partial charge < -0.3 is 5.32 Å². The van der Waals surface area contributed by atoms with Crippen LogP contribution in [0.3, 0.4) is 0 Å². The van der Waals surface area contributed by atoms with Crippen LogP contribution in [0.2, 0.25) is 0 Å². The highest BCUT2D eigenvalue weighted by molar-refractivity contribution is 5.64. The van der Waals surface area contributed by atoms with E-state index < -0.39 is 0 Å². The van der Waals surface area contributed by atoms with Gasteiger partial charge in [-0.3, -0.25) is 0 Å². The van der Waals surface area contributed by atoms with Crippen molar-refractivity contribution < 1.29 is 0 Å². The first-order valence-electron chi connectivity index (χ1n) is 6.35. The number of anilines is 1. The molecule has 1 aliphatic heterocycles. The first kappa shape index (κ1) is 11.5. The van der Waals surface area contributed by atoms with Gasteiger partial charge in [-0.25, -0.2) is 0 Å². The van der Waals surface area contributed by atoms with Crippen LogP contribution in [0.25, 0.3) is 0 Å². The van der Waals surface area contributed by atoms with Crippen LogP contribution in [0.1, 0.15) is 56.7 Å². The molecule has 1 heteroatoms. The summed E-state index contributed by atoms with van der Waals surface area (Å²) in [5.41, 5.74) is 6.07. The van der Waals surface area contributed by atoms with Gasteiger partial charge in [0.05, 0.1) is 0 Å². The van der Waals surface area contributed by atoms with Gasteiger partial charge in [-0.1, -0.05) is 26.0 Å². The summed E-state index contributed by atoms with van der Waals surface area (Å²) in [5, 5.41) is 3.71. The molecule has 1 aromatic rings. The largest absolute Gasteiger partial charge is 0.380 e. The van der Waals surface area contributed by atoms with E-state index in [-0.39, 0.29) is 5.54 Å². The molecular formula is C15H23N. The summed E-state index contributed by atoms with van der Waals surface area (Å²) in [5.74, 6) is 0.668. The minimum Gasteiger partial charge on any atom is -0.380 e. The van der Waals surface area contributed by atoms with E-state index in [4.69, 9.17) is 0 Å². The minimum absolute atomic E-state index is 0.226. The fourth-order valence-electron chi connectivity index (χ4n) is 3.07. The van der Waals surface area contributed by atoms with Gasteiger partial charge in [-0.05, 0) is 56.2 Å². The Morgan fingerprint density at radius 1 is 1.38 bits per heavy atom. The minimum atomic E-state index is 0.226. The van der Waals surface area contributed by atoms with Crippen molar-refractivity contribution >= 4 is 5.69 Å². The second-order valence-electron chi connectivity index (χ2n) is 5.80. The number of hydrogen-bond donors (Lipinski definition) is 1. The van der Waals surface area contributed by atoms with E-state index in [0.29, 0.717) is 5.92 Å². The van der Waals surface area contributed by atoms with Gasteiger partial charge in [0.1, 0.15) is 0 Å². The quantitative estimate of drug-likeness (QED) is 0.741. The molecule has 0 radical (unpaired) electrons. The highest BCUT2D eigenvalue weighted by atomic mass is 15.0. The van der Waals surface area contributed by atoms with Crippen molar-refractivity contribution in [1.82, 2.24) is 0 Å². The SMILES string of the molecule is CCc1ccc(C)c2c1C(C)CC(C)(C)N2. The zero-order valence-corrected chi connectivity index (χ0v) is 11.1. The molecule has 88 valence electrons. The Morgan fingerprint density at radius 3 is 2.69 bits per heavy atom.